The molecule has 0 unspecified atom stereocenters. The first-order chi connectivity index (χ1) is 12.3. The van der Waals surface area contributed by atoms with Gasteiger partial charge in [0.25, 0.3) is 0 Å². The highest BCUT2D eigenvalue weighted by Crippen LogP contribution is 2.47. The number of hydrogen-bond acceptors (Lipinski definition) is 5. The zero-order chi connectivity index (χ0) is 18.6. The van der Waals surface area contributed by atoms with Crippen LogP contribution >= 0.6 is 0 Å². The number of Topliss-reactive ketones (excluding diaryl/α,β-unsaturated/α-hetero) is 1. The third-order valence-corrected chi connectivity index (χ3v) is 5.31. The van der Waals surface area contributed by atoms with Crippen LogP contribution in [0.1, 0.15) is 20.8 Å². The number of hydrazone groups is 1. The number of allylic oxidation sites excluding steroid dienone is 1. The van der Waals surface area contributed by atoms with Crippen molar-refractivity contribution in [2.75, 3.05) is 4.90 Å². The molecule has 0 radical (unpaired) electrons. The smallest absolute Gasteiger partial charge is 0.240 e. The van der Waals surface area contributed by atoms with Crippen molar-refractivity contribution in [1.82, 2.24) is 5.01 Å². The molecular weight excluding hydrogens is 330 g/mol. The molecule has 0 N–H and O–H groups in total. The fourth-order valence-corrected chi connectivity index (χ4v) is 4.11. The second-order valence-corrected chi connectivity index (χ2v) is 7.98. The van der Waals surface area contributed by atoms with Gasteiger partial charge < -0.3 is 0 Å². The molecule has 3 aliphatic rings. The Morgan fingerprint density at radius 2 is 1.69 bits per heavy atom. The van der Waals surface area contributed by atoms with Gasteiger partial charge in [0, 0.05) is 11.6 Å². The first-order valence-electron chi connectivity index (χ1n) is 8.78. The van der Waals surface area contributed by atoms with Gasteiger partial charge in [-0.2, -0.15) is 5.10 Å². The zero-order valence-electron chi connectivity index (χ0n) is 15.0. The lowest BCUT2D eigenvalue weighted by Crippen LogP contribution is -2.49. The molecule has 0 aliphatic carbocycles. The number of fused-ring (bicyclic) bond motifs is 3. The standard InChI is InChI=1S/C20H21N3O3/c1-20(2,3)17(24)16-15-14(13-10-7-11-21-23(13)16)18(25)22(19(15)26)12-8-5-4-6-9-12/h4-11,13-16H,1-3H3/t13-,14-,15-,16-/m0/s1. The van der Waals surface area contributed by atoms with E-state index in [2.05, 4.69) is 5.10 Å². The normalized spacial score (nSPS) is 30.0. The monoisotopic (exact) mass is 351 g/mol. The van der Waals surface area contributed by atoms with Gasteiger partial charge in [-0.05, 0) is 18.2 Å². The van der Waals surface area contributed by atoms with Crippen LogP contribution in [0.4, 0.5) is 5.69 Å². The van der Waals surface area contributed by atoms with Crippen LogP contribution in [0.2, 0.25) is 0 Å². The topological polar surface area (TPSA) is 70.0 Å². The van der Waals surface area contributed by atoms with Crippen LogP contribution in [0.15, 0.2) is 47.6 Å². The van der Waals surface area contributed by atoms with E-state index >= 15 is 0 Å². The molecule has 1 aromatic carbocycles. The van der Waals surface area contributed by atoms with Gasteiger partial charge in [0.1, 0.15) is 6.04 Å². The molecule has 2 fully saturated rings. The Kier molecular flexibility index (Phi) is 3.61. The average molecular weight is 351 g/mol. The van der Waals surface area contributed by atoms with Crippen molar-refractivity contribution >= 4 is 29.5 Å². The third-order valence-electron chi connectivity index (χ3n) is 5.31. The highest BCUT2D eigenvalue weighted by Gasteiger charge is 2.64. The number of para-hydroxylation sites is 1. The van der Waals surface area contributed by atoms with E-state index < -0.39 is 23.3 Å². The predicted octanol–water partition coefficient (Wildman–Crippen LogP) is 2.02. The summed E-state index contributed by atoms with van der Waals surface area (Å²) < 4.78 is 0. The lowest BCUT2D eigenvalue weighted by molar-refractivity contribution is -0.136. The number of carbonyl (C=O) groups excluding carboxylic acids is 3. The van der Waals surface area contributed by atoms with Crippen LogP contribution < -0.4 is 4.90 Å². The summed E-state index contributed by atoms with van der Waals surface area (Å²) in [5.74, 6) is -1.94. The molecular formula is C20H21N3O3. The minimum atomic E-state index is -0.726. The molecule has 26 heavy (non-hydrogen) atoms. The SMILES string of the molecule is CC(C)(C)C(=O)[C@@H]1[C@H]2C(=O)N(c3ccccc3)C(=O)[C@H]2[C@@H]2C=CC=NN12. The molecule has 1 aromatic rings. The highest BCUT2D eigenvalue weighted by atomic mass is 16.2. The Morgan fingerprint density at radius 3 is 2.35 bits per heavy atom. The Balaban J connectivity index is 1.80. The summed E-state index contributed by atoms with van der Waals surface area (Å²) in [6.07, 6.45) is 5.23. The first kappa shape index (κ1) is 16.7. The average Bonchev–Trinajstić information content (AvgIpc) is 3.08. The summed E-state index contributed by atoms with van der Waals surface area (Å²) >= 11 is 0. The molecule has 0 saturated carbocycles. The van der Waals surface area contributed by atoms with Crippen LogP contribution in [0.5, 0.6) is 0 Å². The van der Waals surface area contributed by atoms with Crippen LogP contribution in [-0.4, -0.2) is 40.9 Å². The minimum absolute atomic E-state index is 0.0708. The molecule has 6 nitrogen and oxygen atoms in total. The van der Waals surface area contributed by atoms with Crippen molar-refractivity contribution in [3.05, 3.63) is 42.5 Å². The molecule has 0 aromatic heterocycles. The van der Waals surface area contributed by atoms with Crippen molar-refractivity contribution in [3.63, 3.8) is 0 Å². The van der Waals surface area contributed by atoms with E-state index in [-0.39, 0.29) is 23.6 Å². The summed E-state index contributed by atoms with van der Waals surface area (Å²) in [6, 6.07) is 7.80. The lowest BCUT2D eigenvalue weighted by atomic mass is 9.80. The Labute approximate surface area is 152 Å². The number of rotatable bonds is 2. The number of imide groups is 1. The molecule has 3 heterocycles. The molecule has 2 amide bonds. The maximum atomic E-state index is 13.2. The summed E-state index contributed by atoms with van der Waals surface area (Å²) in [7, 11) is 0. The van der Waals surface area contributed by atoms with Gasteiger partial charge in [0.05, 0.1) is 23.6 Å². The predicted molar refractivity (Wildman–Crippen MR) is 97.4 cm³/mol. The van der Waals surface area contributed by atoms with E-state index in [0.717, 1.165) is 0 Å². The van der Waals surface area contributed by atoms with Crippen molar-refractivity contribution in [2.24, 2.45) is 22.4 Å². The summed E-state index contributed by atoms with van der Waals surface area (Å²) in [5, 5.41) is 5.99. The number of anilines is 1. The number of benzene rings is 1. The van der Waals surface area contributed by atoms with Gasteiger partial charge >= 0.3 is 0 Å². The fraction of sp³-hybridized carbons (Fsp3) is 0.400. The van der Waals surface area contributed by atoms with Gasteiger partial charge in [0.2, 0.25) is 11.8 Å². The highest BCUT2D eigenvalue weighted by molar-refractivity contribution is 6.24. The largest absolute Gasteiger partial charge is 0.297 e. The van der Waals surface area contributed by atoms with Crippen LogP contribution in [-0.2, 0) is 14.4 Å². The summed E-state index contributed by atoms with van der Waals surface area (Å²) in [6.45, 7) is 5.49. The number of carbonyl (C=O) groups is 3. The van der Waals surface area contributed by atoms with Gasteiger partial charge in [-0.1, -0.05) is 45.0 Å². The van der Waals surface area contributed by atoms with E-state index in [0.29, 0.717) is 5.69 Å². The molecule has 0 spiro atoms. The lowest BCUT2D eigenvalue weighted by Gasteiger charge is -2.33. The van der Waals surface area contributed by atoms with E-state index in [9.17, 15) is 14.4 Å². The van der Waals surface area contributed by atoms with E-state index in [1.165, 1.54) is 4.90 Å². The molecule has 0 bridgehead atoms. The first-order valence-corrected chi connectivity index (χ1v) is 8.78. The van der Waals surface area contributed by atoms with Gasteiger partial charge in [-0.15, -0.1) is 0 Å². The minimum Gasteiger partial charge on any atom is -0.297 e. The maximum absolute atomic E-state index is 13.2. The van der Waals surface area contributed by atoms with Crippen molar-refractivity contribution < 1.29 is 14.4 Å². The van der Waals surface area contributed by atoms with Crippen LogP contribution in [0.3, 0.4) is 0 Å². The zero-order valence-corrected chi connectivity index (χ0v) is 15.0. The quantitative estimate of drug-likeness (QED) is 0.765. The van der Waals surface area contributed by atoms with Gasteiger partial charge in [-0.3, -0.25) is 19.4 Å². The molecule has 4 atom stereocenters. The molecule has 3 aliphatic heterocycles. The molecule has 134 valence electrons. The van der Waals surface area contributed by atoms with Crippen molar-refractivity contribution in [3.8, 4) is 0 Å². The number of ketones is 1. The molecule has 6 heteroatoms. The number of hydrogen-bond donors (Lipinski definition) is 0. The van der Waals surface area contributed by atoms with E-state index in [1.54, 1.807) is 41.6 Å². The Hall–Kier alpha value is -2.76. The number of nitrogens with zero attached hydrogens (tertiary/aromatic N) is 3. The second kappa shape index (κ2) is 5.62. The third kappa shape index (κ3) is 2.25. The van der Waals surface area contributed by atoms with Crippen LogP contribution in [0.25, 0.3) is 0 Å². The number of amides is 2. The van der Waals surface area contributed by atoms with Crippen LogP contribution in [0, 0.1) is 17.3 Å². The van der Waals surface area contributed by atoms with Crippen molar-refractivity contribution in [1.29, 1.82) is 0 Å². The summed E-state index contributed by atoms with van der Waals surface area (Å²) in [5.41, 5.74) is -0.0849. The summed E-state index contributed by atoms with van der Waals surface area (Å²) in [4.78, 5) is 40.8. The fourth-order valence-electron chi connectivity index (χ4n) is 4.11. The van der Waals surface area contributed by atoms with Crippen molar-refractivity contribution in [2.45, 2.75) is 32.9 Å². The maximum Gasteiger partial charge on any atom is 0.240 e. The Bertz CT molecular complexity index is 838. The van der Waals surface area contributed by atoms with E-state index in [4.69, 9.17) is 0 Å². The molecule has 4 rings (SSSR count). The van der Waals surface area contributed by atoms with E-state index in [1.807, 2.05) is 32.9 Å². The van der Waals surface area contributed by atoms with Gasteiger partial charge in [0.15, 0.2) is 5.78 Å². The molecule has 2 saturated heterocycles. The van der Waals surface area contributed by atoms with Gasteiger partial charge in [-0.25, -0.2) is 4.90 Å². The second-order valence-electron chi connectivity index (χ2n) is 7.98. The Morgan fingerprint density at radius 1 is 1.04 bits per heavy atom.